The Morgan fingerprint density at radius 3 is 2.37 bits per heavy atom. The van der Waals surface area contributed by atoms with Crippen molar-refractivity contribution in [2.75, 3.05) is 10.8 Å². The molecule has 0 spiro atoms. The first kappa shape index (κ1) is 20.4. The van der Waals surface area contributed by atoms with Crippen LogP contribution in [0.3, 0.4) is 0 Å². The molecule has 3 aromatic rings. The fourth-order valence-electron chi connectivity index (χ4n) is 3.53. The molecule has 0 unspecified atom stereocenters. The number of anilines is 1. The molecule has 7 heteroatoms. The first-order valence-corrected chi connectivity index (χ1v) is 11.3. The molecule has 3 aromatic carbocycles. The molecule has 6 nitrogen and oxygen atoms in total. The van der Waals surface area contributed by atoms with Gasteiger partial charge in [-0.25, -0.2) is 8.42 Å². The van der Waals surface area contributed by atoms with Crippen LogP contribution in [0.5, 0.6) is 0 Å². The summed E-state index contributed by atoms with van der Waals surface area (Å²) in [5.74, 6) is -0.351. The van der Waals surface area contributed by atoms with Crippen LogP contribution in [0.15, 0.2) is 65.6 Å². The highest BCUT2D eigenvalue weighted by molar-refractivity contribution is 7.93. The summed E-state index contributed by atoms with van der Waals surface area (Å²) in [6.07, 6.45) is 0.169. The van der Waals surface area contributed by atoms with E-state index in [0.29, 0.717) is 24.2 Å². The fourth-order valence-corrected chi connectivity index (χ4v) is 5.20. The summed E-state index contributed by atoms with van der Waals surface area (Å²) in [4.78, 5) is 12.8. The highest BCUT2D eigenvalue weighted by Gasteiger charge is 2.36. The van der Waals surface area contributed by atoms with Gasteiger partial charge in [-0.2, -0.15) is 0 Å². The maximum atomic E-state index is 13.0. The first-order valence-electron chi connectivity index (χ1n) is 9.87. The zero-order valence-electron chi connectivity index (χ0n) is 17.0. The van der Waals surface area contributed by atoms with Crippen LogP contribution in [0, 0.1) is 0 Å². The molecule has 0 saturated heterocycles. The predicted molar refractivity (Wildman–Crippen MR) is 117 cm³/mol. The molecule has 0 saturated carbocycles. The van der Waals surface area contributed by atoms with Crippen molar-refractivity contribution < 1.29 is 17.9 Å². The zero-order chi connectivity index (χ0) is 21.3. The Hall–Kier alpha value is -2.90. The first-order chi connectivity index (χ1) is 14.4. The molecule has 0 radical (unpaired) electrons. The molecule has 156 valence electrons. The fraction of sp³-hybridized carbons (Fsp3) is 0.261. The van der Waals surface area contributed by atoms with Gasteiger partial charge in [0.05, 0.1) is 23.3 Å². The molecule has 0 bridgehead atoms. The van der Waals surface area contributed by atoms with Crippen LogP contribution in [0.25, 0.3) is 10.8 Å². The second-order valence-corrected chi connectivity index (χ2v) is 9.43. The van der Waals surface area contributed by atoms with Gasteiger partial charge < -0.3 is 10.1 Å². The maximum Gasteiger partial charge on any atom is 0.265 e. The predicted octanol–water partition coefficient (Wildman–Crippen LogP) is 3.59. The number of benzene rings is 3. The van der Waals surface area contributed by atoms with Crippen molar-refractivity contribution in [3.8, 4) is 0 Å². The van der Waals surface area contributed by atoms with E-state index in [1.54, 1.807) is 24.3 Å². The summed E-state index contributed by atoms with van der Waals surface area (Å²) >= 11 is 0. The van der Waals surface area contributed by atoms with Crippen LogP contribution in [-0.2, 0) is 32.7 Å². The maximum absolute atomic E-state index is 13.0. The van der Waals surface area contributed by atoms with Gasteiger partial charge in [0.25, 0.3) is 10.0 Å². The molecule has 4 rings (SSSR count). The Labute approximate surface area is 176 Å². The minimum atomic E-state index is -3.74. The van der Waals surface area contributed by atoms with E-state index in [4.69, 9.17) is 4.74 Å². The molecular weight excluding hydrogens is 400 g/mol. The van der Waals surface area contributed by atoms with Gasteiger partial charge in [-0.15, -0.1) is 0 Å². The second kappa shape index (κ2) is 8.08. The van der Waals surface area contributed by atoms with Gasteiger partial charge in [0.15, 0.2) is 0 Å². The van der Waals surface area contributed by atoms with Gasteiger partial charge in [0.2, 0.25) is 5.91 Å². The summed E-state index contributed by atoms with van der Waals surface area (Å²) in [5, 5.41) is 4.33. The van der Waals surface area contributed by atoms with E-state index in [1.165, 1.54) is 4.31 Å². The van der Waals surface area contributed by atoms with E-state index in [-0.39, 0.29) is 23.5 Å². The van der Waals surface area contributed by atoms with E-state index in [1.807, 2.05) is 50.2 Å². The van der Waals surface area contributed by atoms with Crippen LogP contribution in [-0.4, -0.2) is 27.0 Å². The number of carbonyl (C=O) groups excluding carboxylic acids is 1. The van der Waals surface area contributed by atoms with Crippen LogP contribution in [0.2, 0.25) is 0 Å². The monoisotopic (exact) mass is 424 g/mol. The van der Waals surface area contributed by atoms with Gasteiger partial charge in [0.1, 0.15) is 6.54 Å². The van der Waals surface area contributed by atoms with Crippen molar-refractivity contribution in [1.29, 1.82) is 0 Å². The Morgan fingerprint density at radius 1 is 1.00 bits per heavy atom. The standard InChI is InChI=1S/C23H24N2O4S/c1-16(2)29-15-18-11-9-17(10-12-18)13-24-22(26)14-25-20-7-3-5-19-6-4-8-21(23(19)20)30(25,27)28/h3-12,16H,13-15H2,1-2H3,(H,24,26). The van der Waals surface area contributed by atoms with Gasteiger partial charge >= 0.3 is 0 Å². The van der Waals surface area contributed by atoms with Crippen molar-refractivity contribution in [3.63, 3.8) is 0 Å². The van der Waals surface area contributed by atoms with Crippen molar-refractivity contribution >= 4 is 32.4 Å². The van der Waals surface area contributed by atoms with Crippen LogP contribution in [0.1, 0.15) is 25.0 Å². The number of hydrogen-bond acceptors (Lipinski definition) is 4. The largest absolute Gasteiger partial charge is 0.374 e. The Kier molecular flexibility index (Phi) is 5.49. The molecule has 1 heterocycles. The quantitative estimate of drug-likeness (QED) is 0.629. The lowest BCUT2D eigenvalue weighted by Gasteiger charge is -2.18. The zero-order valence-corrected chi connectivity index (χ0v) is 17.8. The number of carbonyl (C=O) groups is 1. The van der Waals surface area contributed by atoms with Crippen LogP contribution in [0.4, 0.5) is 5.69 Å². The van der Waals surface area contributed by atoms with Crippen molar-refractivity contribution in [2.45, 2.75) is 38.0 Å². The number of sulfonamides is 1. The molecule has 0 aromatic heterocycles. The average Bonchev–Trinajstić information content (AvgIpc) is 2.95. The Bertz CT molecular complexity index is 1180. The topological polar surface area (TPSA) is 75.7 Å². The van der Waals surface area contributed by atoms with E-state index < -0.39 is 10.0 Å². The van der Waals surface area contributed by atoms with Gasteiger partial charge in [-0.05, 0) is 42.5 Å². The minimum absolute atomic E-state index is 0.169. The Morgan fingerprint density at radius 2 is 1.67 bits per heavy atom. The van der Waals surface area contributed by atoms with Crippen LogP contribution >= 0.6 is 0 Å². The third-order valence-electron chi connectivity index (χ3n) is 5.06. The Balaban J connectivity index is 1.42. The van der Waals surface area contributed by atoms with Gasteiger partial charge in [-0.3, -0.25) is 9.10 Å². The summed E-state index contributed by atoms with van der Waals surface area (Å²) in [7, 11) is -3.74. The normalized spacial score (nSPS) is 14.4. The lowest BCUT2D eigenvalue weighted by molar-refractivity contribution is -0.119. The average molecular weight is 425 g/mol. The number of hydrogen-bond donors (Lipinski definition) is 1. The van der Waals surface area contributed by atoms with Gasteiger partial charge in [-0.1, -0.05) is 48.5 Å². The minimum Gasteiger partial charge on any atom is -0.374 e. The van der Waals surface area contributed by atoms with Crippen molar-refractivity contribution in [2.24, 2.45) is 0 Å². The number of nitrogens with zero attached hydrogens (tertiary/aromatic N) is 1. The second-order valence-electron chi connectivity index (χ2n) is 7.60. The molecule has 1 aliphatic rings. The van der Waals surface area contributed by atoms with Gasteiger partial charge in [0, 0.05) is 11.9 Å². The highest BCUT2D eigenvalue weighted by atomic mass is 32.2. The molecule has 30 heavy (non-hydrogen) atoms. The van der Waals surface area contributed by atoms with E-state index in [9.17, 15) is 13.2 Å². The van der Waals surface area contributed by atoms with Crippen molar-refractivity contribution in [1.82, 2.24) is 5.32 Å². The lowest BCUT2D eigenvalue weighted by atomic mass is 10.1. The molecule has 0 aliphatic carbocycles. The third-order valence-corrected chi connectivity index (χ3v) is 6.87. The summed E-state index contributed by atoms with van der Waals surface area (Å²) in [6.45, 7) is 4.60. The molecule has 1 amide bonds. The smallest absolute Gasteiger partial charge is 0.265 e. The summed E-state index contributed by atoms with van der Waals surface area (Å²) in [5.41, 5.74) is 2.55. The van der Waals surface area contributed by atoms with Crippen LogP contribution < -0.4 is 9.62 Å². The van der Waals surface area contributed by atoms with E-state index >= 15 is 0 Å². The molecular formula is C23H24N2O4S. The SMILES string of the molecule is CC(C)OCc1ccc(CNC(=O)CN2c3cccc4cccc(c34)S2(=O)=O)cc1. The molecule has 1 aliphatic heterocycles. The number of nitrogens with one attached hydrogen (secondary N) is 1. The molecule has 0 atom stereocenters. The highest BCUT2D eigenvalue weighted by Crippen LogP contribution is 2.41. The number of ether oxygens (including phenoxy) is 1. The molecule has 0 fully saturated rings. The van der Waals surface area contributed by atoms with Crippen molar-refractivity contribution in [3.05, 3.63) is 71.8 Å². The number of amides is 1. The summed E-state index contributed by atoms with van der Waals surface area (Å²) < 4.78 is 32.7. The molecule has 1 N–H and O–H groups in total. The number of rotatable bonds is 7. The van der Waals surface area contributed by atoms with E-state index in [0.717, 1.165) is 16.5 Å². The lowest BCUT2D eigenvalue weighted by Crippen LogP contribution is -2.38. The van der Waals surface area contributed by atoms with E-state index in [2.05, 4.69) is 5.32 Å². The third kappa shape index (κ3) is 3.91. The summed E-state index contributed by atoms with van der Waals surface area (Å²) in [6, 6.07) is 18.4.